The molecule has 2 aromatic rings. The van der Waals surface area contributed by atoms with Crippen LogP contribution in [0.3, 0.4) is 0 Å². The molecular formula is C25H30ClN3O5. The summed E-state index contributed by atoms with van der Waals surface area (Å²) in [5.74, 6) is -1.01. The number of likely N-dealkylation sites (tertiary alicyclic amines) is 1. The fourth-order valence-corrected chi connectivity index (χ4v) is 4.59. The Labute approximate surface area is 204 Å². The van der Waals surface area contributed by atoms with E-state index in [2.05, 4.69) is 5.32 Å². The van der Waals surface area contributed by atoms with Gasteiger partial charge in [-0.3, -0.25) is 19.7 Å². The molecule has 0 unspecified atom stereocenters. The number of nitro groups is 1. The van der Waals surface area contributed by atoms with Crippen LogP contribution in [0.1, 0.15) is 50.0 Å². The highest BCUT2D eigenvalue weighted by molar-refractivity contribution is 6.30. The van der Waals surface area contributed by atoms with Crippen molar-refractivity contribution in [3.63, 3.8) is 0 Å². The fraction of sp³-hybridized carbons (Fsp3) is 0.440. The second kappa shape index (κ2) is 9.72. The van der Waals surface area contributed by atoms with Crippen molar-refractivity contribution in [2.45, 2.75) is 45.8 Å². The predicted octanol–water partition coefficient (Wildman–Crippen LogP) is 4.15. The number of aliphatic hydroxyl groups is 1. The van der Waals surface area contributed by atoms with Gasteiger partial charge in [0.25, 0.3) is 11.6 Å². The third kappa shape index (κ3) is 5.08. The zero-order valence-electron chi connectivity index (χ0n) is 19.7. The average Bonchev–Trinajstić information content (AvgIpc) is 2.78. The van der Waals surface area contributed by atoms with E-state index in [1.54, 1.807) is 29.2 Å². The van der Waals surface area contributed by atoms with Gasteiger partial charge in [-0.25, -0.2) is 0 Å². The van der Waals surface area contributed by atoms with Crippen LogP contribution in [0.25, 0.3) is 0 Å². The quantitative estimate of drug-likeness (QED) is 0.469. The van der Waals surface area contributed by atoms with Gasteiger partial charge in [-0.1, -0.05) is 57.5 Å². The standard InChI is InChI=1S/C25H30ClN3O5/c1-16(2)21(27-22(30)17-6-5-7-20(14-17)29(33)34)23(31)28-13-12-25(32,24(3,4)15-28)18-8-10-19(26)11-9-18/h5-11,14,16,21,32H,12-13,15H2,1-4H3,(H,27,30)/t21-,25+/m1/s1. The molecule has 0 saturated carbocycles. The molecule has 3 rings (SSSR count). The van der Waals surface area contributed by atoms with E-state index in [1.165, 1.54) is 24.3 Å². The van der Waals surface area contributed by atoms with Crippen molar-refractivity contribution in [2.24, 2.45) is 11.3 Å². The summed E-state index contributed by atoms with van der Waals surface area (Å²) in [6.07, 6.45) is 0.330. The molecule has 1 saturated heterocycles. The number of rotatable bonds is 6. The zero-order valence-corrected chi connectivity index (χ0v) is 20.5. The van der Waals surface area contributed by atoms with Gasteiger partial charge in [0.1, 0.15) is 6.04 Å². The highest BCUT2D eigenvalue weighted by Gasteiger charge is 2.50. The fourth-order valence-electron chi connectivity index (χ4n) is 4.47. The second-order valence-electron chi connectivity index (χ2n) is 9.76. The summed E-state index contributed by atoms with van der Waals surface area (Å²) < 4.78 is 0. The molecule has 0 radical (unpaired) electrons. The number of halogens is 1. The SMILES string of the molecule is CC(C)[C@@H](NC(=O)c1cccc([N+](=O)[O-])c1)C(=O)N1CC[C@](O)(c2ccc(Cl)cc2)C(C)(C)C1. The molecule has 0 aliphatic carbocycles. The van der Waals surface area contributed by atoms with Gasteiger partial charge in [0.15, 0.2) is 0 Å². The molecule has 9 heteroatoms. The molecule has 1 heterocycles. The summed E-state index contributed by atoms with van der Waals surface area (Å²) >= 11 is 6.00. The smallest absolute Gasteiger partial charge is 0.270 e. The Morgan fingerprint density at radius 1 is 1.18 bits per heavy atom. The number of carbonyl (C=O) groups is 2. The van der Waals surface area contributed by atoms with Crippen molar-refractivity contribution >= 4 is 29.1 Å². The van der Waals surface area contributed by atoms with E-state index in [0.29, 0.717) is 24.5 Å². The van der Waals surface area contributed by atoms with E-state index in [9.17, 15) is 24.8 Å². The number of carbonyl (C=O) groups excluding carboxylic acids is 2. The van der Waals surface area contributed by atoms with Crippen molar-refractivity contribution in [1.29, 1.82) is 0 Å². The second-order valence-corrected chi connectivity index (χ2v) is 10.2. The van der Waals surface area contributed by atoms with Crippen LogP contribution in [0, 0.1) is 21.4 Å². The Morgan fingerprint density at radius 3 is 2.38 bits per heavy atom. The van der Waals surface area contributed by atoms with Crippen molar-refractivity contribution in [2.75, 3.05) is 13.1 Å². The predicted molar refractivity (Wildman–Crippen MR) is 130 cm³/mol. The summed E-state index contributed by atoms with van der Waals surface area (Å²) in [6, 6.07) is 11.7. The normalized spacial score (nSPS) is 20.6. The lowest BCUT2D eigenvalue weighted by Crippen LogP contribution is -2.60. The van der Waals surface area contributed by atoms with Gasteiger partial charge in [-0.15, -0.1) is 0 Å². The molecule has 0 bridgehead atoms. The number of hydrogen-bond donors (Lipinski definition) is 2. The van der Waals surface area contributed by atoms with Crippen LogP contribution in [-0.4, -0.2) is 45.9 Å². The lowest BCUT2D eigenvalue weighted by molar-refractivity contribution is -0.384. The van der Waals surface area contributed by atoms with Crippen LogP contribution in [0.5, 0.6) is 0 Å². The minimum Gasteiger partial charge on any atom is -0.384 e. The molecule has 0 aromatic heterocycles. The van der Waals surface area contributed by atoms with E-state index in [1.807, 2.05) is 27.7 Å². The lowest BCUT2D eigenvalue weighted by Gasteiger charge is -2.51. The Kier molecular flexibility index (Phi) is 7.33. The zero-order chi connectivity index (χ0) is 25.3. The van der Waals surface area contributed by atoms with Gasteiger partial charge in [0, 0.05) is 41.2 Å². The van der Waals surface area contributed by atoms with Crippen LogP contribution in [-0.2, 0) is 10.4 Å². The first-order valence-corrected chi connectivity index (χ1v) is 11.6. The lowest BCUT2D eigenvalue weighted by atomic mass is 9.66. The highest BCUT2D eigenvalue weighted by Crippen LogP contribution is 2.46. The van der Waals surface area contributed by atoms with Gasteiger partial charge in [0.05, 0.1) is 10.5 Å². The number of non-ortho nitro benzene ring substituents is 1. The van der Waals surface area contributed by atoms with Crippen molar-refractivity contribution in [1.82, 2.24) is 10.2 Å². The van der Waals surface area contributed by atoms with Crippen LogP contribution in [0.4, 0.5) is 5.69 Å². The van der Waals surface area contributed by atoms with Crippen LogP contribution < -0.4 is 5.32 Å². The van der Waals surface area contributed by atoms with E-state index in [4.69, 9.17) is 11.6 Å². The van der Waals surface area contributed by atoms with Gasteiger partial charge in [-0.05, 0) is 36.1 Å². The molecule has 2 aromatic carbocycles. The molecule has 1 fully saturated rings. The number of benzene rings is 2. The molecular weight excluding hydrogens is 458 g/mol. The van der Waals surface area contributed by atoms with E-state index in [0.717, 1.165) is 5.56 Å². The Bertz CT molecular complexity index is 1090. The molecule has 1 aliphatic rings. The highest BCUT2D eigenvalue weighted by atomic mass is 35.5. The number of hydrogen-bond acceptors (Lipinski definition) is 5. The molecule has 2 atom stereocenters. The Hall–Kier alpha value is -2.97. The maximum absolute atomic E-state index is 13.5. The first-order chi connectivity index (χ1) is 15.9. The van der Waals surface area contributed by atoms with Crippen LogP contribution >= 0.6 is 11.6 Å². The van der Waals surface area contributed by atoms with Crippen molar-refractivity contribution in [3.8, 4) is 0 Å². The summed E-state index contributed by atoms with van der Waals surface area (Å²) in [5.41, 5.74) is -1.15. The number of nitrogens with zero attached hydrogens (tertiary/aromatic N) is 2. The maximum atomic E-state index is 13.5. The molecule has 1 aliphatic heterocycles. The first kappa shape index (κ1) is 25.6. The Morgan fingerprint density at radius 2 is 1.82 bits per heavy atom. The molecule has 34 heavy (non-hydrogen) atoms. The van der Waals surface area contributed by atoms with Gasteiger partial charge in [-0.2, -0.15) is 0 Å². The molecule has 2 N–H and O–H groups in total. The van der Waals surface area contributed by atoms with Crippen molar-refractivity contribution in [3.05, 3.63) is 74.8 Å². The van der Waals surface area contributed by atoms with Crippen molar-refractivity contribution < 1.29 is 19.6 Å². The summed E-state index contributed by atoms with van der Waals surface area (Å²) in [7, 11) is 0. The number of nitrogens with one attached hydrogen (secondary N) is 1. The molecule has 2 amide bonds. The number of nitro benzene ring substituents is 1. The van der Waals surface area contributed by atoms with E-state index in [-0.39, 0.29) is 23.1 Å². The molecule has 0 spiro atoms. The number of amides is 2. The topological polar surface area (TPSA) is 113 Å². The van der Waals surface area contributed by atoms with E-state index >= 15 is 0 Å². The molecule has 182 valence electrons. The van der Waals surface area contributed by atoms with Crippen LogP contribution in [0.15, 0.2) is 48.5 Å². The molecule has 8 nitrogen and oxygen atoms in total. The van der Waals surface area contributed by atoms with E-state index < -0.39 is 27.9 Å². The summed E-state index contributed by atoms with van der Waals surface area (Å²) in [6.45, 7) is 8.09. The average molecular weight is 488 g/mol. The van der Waals surface area contributed by atoms with Gasteiger partial charge in [0.2, 0.25) is 5.91 Å². The maximum Gasteiger partial charge on any atom is 0.270 e. The third-order valence-electron chi connectivity index (χ3n) is 6.62. The third-order valence-corrected chi connectivity index (χ3v) is 6.87. The minimum absolute atomic E-state index is 0.115. The van der Waals surface area contributed by atoms with Gasteiger partial charge >= 0.3 is 0 Å². The first-order valence-electron chi connectivity index (χ1n) is 11.2. The van der Waals surface area contributed by atoms with Crippen LogP contribution in [0.2, 0.25) is 5.02 Å². The monoisotopic (exact) mass is 487 g/mol. The number of piperidine rings is 1. The Balaban J connectivity index is 1.78. The summed E-state index contributed by atoms with van der Waals surface area (Å²) in [5, 5.41) is 25.9. The largest absolute Gasteiger partial charge is 0.384 e. The van der Waals surface area contributed by atoms with Gasteiger partial charge < -0.3 is 15.3 Å². The summed E-state index contributed by atoms with van der Waals surface area (Å²) in [4.78, 5) is 38.4. The minimum atomic E-state index is -1.14.